The molecule has 0 saturated heterocycles. The summed E-state index contributed by atoms with van der Waals surface area (Å²) in [4.78, 5) is 0. The van der Waals surface area contributed by atoms with E-state index in [1.165, 1.54) is 7.11 Å². The highest BCUT2D eigenvalue weighted by Gasteiger charge is 2.25. The van der Waals surface area contributed by atoms with Crippen LogP contribution in [0.3, 0.4) is 0 Å². The van der Waals surface area contributed by atoms with Crippen LogP contribution in [0.4, 0.5) is 0 Å². The topological polar surface area (TPSA) is 49.7 Å². The number of hydrogen-bond acceptors (Lipinski definition) is 3. The van der Waals surface area contributed by atoms with E-state index in [2.05, 4.69) is 0 Å². The molecule has 0 aromatic carbocycles. The summed E-state index contributed by atoms with van der Waals surface area (Å²) in [6.45, 7) is 3.80. The van der Waals surface area contributed by atoms with E-state index in [0.717, 1.165) is 0 Å². The van der Waals surface area contributed by atoms with Crippen LogP contribution in [-0.2, 0) is 4.74 Å². The molecule has 0 aromatic heterocycles. The van der Waals surface area contributed by atoms with Gasteiger partial charge in [0, 0.05) is 12.5 Å². The van der Waals surface area contributed by atoms with Gasteiger partial charge >= 0.3 is 0 Å². The largest absolute Gasteiger partial charge is 0.384 e. The third kappa shape index (κ3) is 2.79. The van der Waals surface area contributed by atoms with Crippen molar-refractivity contribution in [3.05, 3.63) is 0 Å². The molecule has 0 fully saturated rings. The van der Waals surface area contributed by atoms with Gasteiger partial charge in [-0.1, -0.05) is 13.8 Å². The summed E-state index contributed by atoms with van der Waals surface area (Å²) in [7, 11) is 1.53. The highest BCUT2D eigenvalue weighted by molar-refractivity contribution is 4.68. The second-order valence-corrected chi connectivity index (χ2v) is 2.80. The number of ether oxygens (including phenoxy) is 1. The van der Waals surface area contributed by atoms with E-state index in [-0.39, 0.29) is 0 Å². The first-order valence-electron chi connectivity index (χ1n) is 2.86. The number of aliphatic hydroxyl groups is 2. The molecule has 3 nitrogen and oxygen atoms in total. The van der Waals surface area contributed by atoms with Gasteiger partial charge in [0.2, 0.25) is 0 Å². The van der Waals surface area contributed by atoms with E-state index in [0.29, 0.717) is 6.61 Å². The summed E-state index contributed by atoms with van der Waals surface area (Å²) in [6.07, 6.45) is -1.31. The van der Waals surface area contributed by atoms with Crippen molar-refractivity contribution in [2.45, 2.75) is 20.1 Å². The van der Waals surface area contributed by atoms with Gasteiger partial charge in [-0.25, -0.2) is 0 Å². The molecule has 56 valence electrons. The number of aliphatic hydroxyl groups excluding tert-OH is 1. The van der Waals surface area contributed by atoms with Gasteiger partial charge in [-0.05, 0) is 0 Å². The second-order valence-electron chi connectivity index (χ2n) is 2.80. The van der Waals surface area contributed by atoms with Crippen LogP contribution >= 0.6 is 0 Å². The second kappa shape index (κ2) is 3.15. The molecule has 9 heavy (non-hydrogen) atoms. The Morgan fingerprint density at radius 3 is 2.00 bits per heavy atom. The average molecular weight is 134 g/mol. The van der Waals surface area contributed by atoms with Crippen molar-refractivity contribution in [3.63, 3.8) is 0 Å². The normalized spacial score (nSPS) is 12.7. The maximum atomic E-state index is 8.69. The minimum atomic E-state index is -1.31. The third-order valence-electron chi connectivity index (χ3n) is 1.22. The van der Waals surface area contributed by atoms with Crippen LogP contribution in [0.25, 0.3) is 0 Å². The van der Waals surface area contributed by atoms with Crippen LogP contribution in [0, 0.1) is 5.41 Å². The Labute approximate surface area is 55.3 Å². The Balaban J connectivity index is 3.70. The fourth-order valence-electron chi connectivity index (χ4n) is 0.447. The molecule has 0 bridgehead atoms. The molecule has 0 radical (unpaired) electrons. The predicted octanol–water partition coefficient (Wildman–Crippen LogP) is -0.0303. The maximum Gasteiger partial charge on any atom is 0.158 e. The summed E-state index contributed by atoms with van der Waals surface area (Å²) in [6, 6.07) is 0. The van der Waals surface area contributed by atoms with Crippen molar-refractivity contribution in [2.24, 2.45) is 5.41 Å². The van der Waals surface area contributed by atoms with Gasteiger partial charge in [-0.2, -0.15) is 0 Å². The van der Waals surface area contributed by atoms with Crippen LogP contribution in [0.5, 0.6) is 0 Å². The van der Waals surface area contributed by atoms with Gasteiger partial charge in [0.05, 0.1) is 6.61 Å². The lowest BCUT2D eigenvalue weighted by molar-refractivity contribution is -0.140. The van der Waals surface area contributed by atoms with Crippen LogP contribution in [0.2, 0.25) is 0 Å². The molecule has 2 N–H and O–H groups in total. The van der Waals surface area contributed by atoms with Crippen molar-refractivity contribution in [1.82, 2.24) is 0 Å². The van der Waals surface area contributed by atoms with Gasteiger partial charge in [0.15, 0.2) is 6.29 Å². The van der Waals surface area contributed by atoms with Crippen molar-refractivity contribution in [3.8, 4) is 0 Å². The molecule has 0 aliphatic rings. The lowest BCUT2D eigenvalue weighted by Crippen LogP contribution is -2.33. The zero-order chi connectivity index (χ0) is 7.49. The van der Waals surface area contributed by atoms with Gasteiger partial charge in [0.25, 0.3) is 0 Å². The van der Waals surface area contributed by atoms with Crippen LogP contribution in [0.1, 0.15) is 13.8 Å². The number of methoxy groups -OCH3 is 1. The molecule has 0 aliphatic carbocycles. The summed E-state index contributed by atoms with van der Waals surface area (Å²) >= 11 is 0. The molecule has 0 atom stereocenters. The molecule has 3 heteroatoms. The fourth-order valence-corrected chi connectivity index (χ4v) is 0.447. The van der Waals surface area contributed by atoms with Gasteiger partial charge in [-0.15, -0.1) is 0 Å². The molecule has 0 heterocycles. The molecule has 0 rings (SSSR count). The minimum Gasteiger partial charge on any atom is -0.384 e. The smallest absolute Gasteiger partial charge is 0.158 e. The molecule has 0 spiro atoms. The Hall–Kier alpha value is -0.120. The van der Waals surface area contributed by atoms with Crippen molar-refractivity contribution >= 4 is 0 Å². The Kier molecular flexibility index (Phi) is 3.11. The van der Waals surface area contributed by atoms with E-state index in [4.69, 9.17) is 14.9 Å². The van der Waals surface area contributed by atoms with Crippen LogP contribution in [-0.4, -0.2) is 30.2 Å². The Morgan fingerprint density at radius 2 is 1.89 bits per heavy atom. The number of hydrogen-bond donors (Lipinski definition) is 2. The average Bonchev–Trinajstić information content (AvgIpc) is 1.65. The first-order valence-corrected chi connectivity index (χ1v) is 2.86. The predicted molar refractivity (Wildman–Crippen MR) is 33.9 cm³/mol. The molecule has 0 unspecified atom stereocenters. The molecular formula is C6H14O3. The Bertz CT molecular complexity index is 78.4. The van der Waals surface area contributed by atoms with Crippen molar-refractivity contribution in [1.29, 1.82) is 0 Å². The third-order valence-corrected chi connectivity index (χ3v) is 1.22. The van der Waals surface area contributed by atoms with Crippen LogP contribution in [0.15, 0.2) is 0 Å². The highest BCUT2D eigenvalue weighted by atomic mass is 16.5. The standard InChI is InChI=1S/C6H14O3/c1-6(2,4-9-3)5(7)8/h5,7-8H,4H2,1-3H3. The Morgan fingerprint density at radius 1 is 1.44 bits per heavy atom. The lowest BCUT2D eigenvalue weighted by Gasteiger charge is -2.24. The summed E-state index contributed by atoms with van der Waals surface area (Å²) in [5.74, 6) is 0. The van der Waals surface area contributed by atoms with Gasteiger partial charge < -0.3 is 14.9 Å². The zero-order valence-corrected chi connectivity index (χ0v) is 6.09. The van der Waals surface area contributed by atoms with Gasteiger partial charge in [-0.3, -0.25) is 0 Å². The molecule has 0 amide bonds. The highest BCUT2D eigenvalue weighted by Crippen LogP contribution is 2.18. The van der Waals surface area contributed by atoms with Gasteiger partial charge in [0.1, 0.15) is 0 Å². The van der Waals surface area contributed by atoms with Crippen molar-refractivity contribution in [2.75, 3.05) is 13.7 Å². The maximum absolute atomic E-state index is 8.69. The number of rotatable bonds is 3. The lowest BCUT2D eigenvalue weighted by atomic mass is 9.94. The zero-order valence-electron chi connectivity index (χ0n) is 6.09. The summed E-state index contributed by atoms with van der Waals surface area (Å²) < 4.78 is 4.75. The van der Waals surface area contributed by atoms with Crippen molar-refractivity contribution < 1.29 is 14.9 Å². The van der Waals surface area contributed by atoms with E-state index in [1.807, 2.05) is 0 Å². The minimum absolute atomic E-state index is 0.352. The summed E-state index contributed by atoms with van der Waals surface area (Å²) in [5, 5.41) is 17.4. The van der Waals surface area contributed by atoms with E-state index in [1.54, 1.807) is 13.8 Å². The molecule has 0 aliphatic heterocycles. The molecule has 0 aromatic rings. The summed E-state index contributed by atoms with van der Waals surface area (Å²) in [5.41, 5.74) is -0.561. The fraction of sp³-hybridized carbons (Fsp3) is 1.00. The quantitative estimate of drug-likeness (QED) is 0.533. The van der Waals surface area contributed by atoms with E-state index < -0.39 is 11.7 Å². The monoisotopic (exact) mass is 134 g/mol. The van der Waals surface area contributed by atoms with E-state index in [9.17, 15) is 0 Å². The molecular weight excluding hydrogens is 120 g/mol. The van der Waals surface area contributed by atoms with Crippen LogP contribution < -0.4 is 0 Å². The SMILES string of the molecule is COCC(C)(C)C(O)O. The van der Waals surface area contributed by atoms with E-state index >= 15 is 0 Å². The first-order chi connectivity index (χ1) is 4.00. The first kappa shape index (κ1) is 8.88. The molecule has 0 saturated carbocycles.